The standard InChI is InChI=1S/C19H27FN2O4/c1-12-9-14(15(20)10-16(12)23)17(24)22-7-5-13(6-8-22)11-21-18(25)26-19(2,3)4/h9-10,13,23H,5-8,11H2,1-4H3,(H,21,25). The largest absolute Gasteiger partial charge is 0.508 e. The van der Waals surface area contributed by atoms with E-state index in [1.54, 1.807) is 32.6 Å². The predicted octanol–water partition coefficient (Wildman–Crippen LogP) is 3.22. The number of hydrogen-bond donors (Lipinski definition) is 2. The molecule has 1 aliphatic rings. The van der Waals surface area contributed by atoms with Crippen molar-refractivity contribution in [2.75, 3.05) is 19.6 Å². The lowest BCUT2D eigenvalue weighted by molar-refractivity contribution is 0.0499. The van der Waals surface area contributed by atoms with Crippen LogP contribution in [0.1, 0.15) is 49.5 Å². The number of piperidine rings is 1. The van der Waals surface area contributed by atoms with Crippen molar-refractivity contribution in [3.8, 4) is 5.75 Å². The van der Waals surface area contributed by atoms with Crippen LogP contribution in [0.25, 0.3) is 0 Å². The van der Waals surface area contributed by atoms with E-state index in [4.69, 9.17) is 4.74 Å². The van der Waals surface area contributed by atoms with Gasteiger partial charge in [0, 0.05) is 25.7 Å². The van der Waals surface area contributed by atoms with Gasteiger partial charge in [0.25, 0.3) is 5.91 Å². The highest BCUT2D eigenvalue weighted by molar-refractivity contribution is 5.95. The molecule has 1 aromatic carbocycles. The normalized spacial score (nSPS) is 15.7. The molecule has 7 heteroatoms. The summed E-state index contributed by atoms with van der Waals surface area (Å²) in [5.74, 6) is -1.00. The second-order valence-electron chi connectivity index (χ2n) is 7.74. The van der Waals surface area contributed by atoms with Crippen LogP contribution in [-0.4, -0.2) is 47.2 Å². The number of halogens is 1. The summed E-state index contributed by atoms with van der Waals surface area (Å²) >= 11 is 0. The first-order valence-electron chi connectivity index (χ1n) is 8.82. The van der Waals surface area contributed by atoms with Gasteiger partial charge in [-0.15, -0.1) is 0 Å². The van der Waals surface area contributed by atoms with Crippen LogP contribution in [0, 0.1) is 18.7 Å². The molecule has 0 atom stereocenters. The van der Waals surface area contributed by atoms with Crippen LogP contribution in [0.15, 0.2) is 12.1 Å². The van der Waals surface area contributed by atoms with E-state index in [9.17, 15) is 19.1 Å². The molecule has 2 N–H and O–H groups in total. The summed E-state index contributed by atoms with van der Waals surface area (Å²) in [5, 5.41) is 12.3. The van der Waals surface area contributed by atoms with Gasteiger partial charge in [-0.3, -0.25) is 4.79 Å². The van der Waals surface area contributed by atoms with E-state index in [2.05, 4.69) is 5.32 Å². The van der Waals surface area contributed by atoms with Crippen molar-refractivity contribution in [2.24, 2.45) is 5.92 Å². The van der Waals surface area contributed by atoms with Gasteiger partial charge < -0.3 is 20.1 Å². The van der Waals surface area contributed by atoms with Crippen LogP contribution in [0.4, 0.5) is 9.18 Å². The number of carbonyl (C=O) groups excluding carboxylic acids is 2. The van der Waals surface area contributed by atoms with Gasteiger partial charge in [0.1, 0.15) is 17.2 Å². The molecular weight excluding hydrogens is 339 g/mol. The molecule has 0 aliphatic carbocycles. The molecule has 0 spiro atoms. The molecular formula is C19H27FN2O4. The van der Waals surface area contributed by atoms with Gasteiger partial charge in [0.15, 0.2) is 0 Å². The molecule has 0 saturated carbocycles. The molecule has 0 radical (unpaired) electrons. The second-order valence-corrected chi connectivity index (χ2v) is 7.74. The molecule has 1 heterocycles. The third-order valence-electron chi connectivity index (χ3n) is 4.35. The van der Waals surface area contributed by atoms with E-state index in [0.29, 0.717) is 25.2 Å². The Kier molecular flexibility index (Phi) is 6.10. The summed E-state index contributed by atoms with van der Waals surface area (Å²) in [5.41, 5.74) is -0.0940. The van der Waals surface area contributed by atoms with Crippen molar-refractivity contribution in [3.63, 3.8) is 0 Å². The van der Waals surface area contributed by atoms with Gasteiger partial charge in [-0.25, -0.2) is 9.18 Å². The number of phenols is 1. The Balaban J connectivity index is 1.85. The second kappa shape index (κ2) is 7.93. The lowest BCUT2D eigenvalue weighted by atomic mass is 9.96. The van der Waals surface area contributed by atoms with Gasteiger partial charge in [0.2, 0.25) is 0 Å². The number of rotatable bonds is 3. The number of aromatic hydroxyl groups is 1. The SMILES string of the molecule is Cc1cc(C(=O)N2CCC(CNC(=O)OC(C)(C)C)CC2)c(F)cc1O. The number of ether oxygens (including phenoxy) is 1. The zero-order valence-corrected chi connectivity index (χ0v) is 15.8. The van der Waals surface area contributed by atoms with Crippen molar-refractivity contribution in [1.29, 1.82) is 0 Å². The van der Waals surface area contributed by atoms with Gasteiger partial charge >= 0.3 is 6.09 Å². The first kappa shape index (κ1) is 20.0. The third kappa shape index (κ3) is 5.34. The minimum absolute atomic E-state index is 0.0226. The van der Waals surface area contributed by atoms with Gasteiger partial charge in [-0.05, 0) is 58.1 Å². The molecule has 0 unspecified atom stereocenters. The highest BCUT2D eigenvalue weighted by atomic mass is 19.1. The number of benzene rings is 1. The smallest absolute Gasteiger partial charge is 0.407 e. The number of likely N-dealkylation sites (tertiary alicyclic amines) is 1. The minimum atomic E-state index is -0.716. The van der Waals surface area contributed by atoms with Crippen molar-refractivity contribution in [1.82, 2.24) is 10.2 Å². The molecule has 2 rings (SSSR count). The molecule has 144 valence electrons. The van der Waals surface area contributed by atoms with Gasteiger partial charge in [0.05, 0.1) is 5.56 Å². The molecule has 1 aromatic rings. The summed E-state index contributed by atoms with van der Waals surface area (Å²) in [6.45, 7) is 8.53. The maximum Gasteiger partial charge on any atom is 0.407 e. The number of nitrogens with zero attached hydrogens (tertiary/aromatic N) is 1. The molecule has 6 nitrogen and oxygen atoms in total. The van der Waals surface area contributed by atoms with Crippen LogP contribution < -0.4 is 5.32 Å². The summed E-state index contributed by atoms with van der Waals surface area (Å²) in [4.78, 5) is 25.8. The average Bonchev–Trinajstić information content (AvgIpc) is 2.54. The monoisotopic (exact) mass is 366 g/mol. The van der Waals surface area contributed by atoms with E-state index in [0.717, 1.165) is 18.9 Å². The van der Waals surface area contributed by atoms with Crippen LogP contribution in [0.2, 0.25) is 0 Å². The summed E-state index contributed by atoms with van der Waals surface area (Å²) in [7, 11) is 0. The number of alkyl carbamates (subject to hydrolysis) is 1. The zero-order valence-electron chi connectivity index (χ0n) is 15.8. The van der Waals surface area contributed by atoms with Crippen LogP contribution in [0.3, 0.4) is 0 Å². The quantitative estimate of drug-likeness (QED) is 0.861. The van der Waals surface area contributed by atoms with E-state index in [-0.39, 0.29) is 23.1 Å². The number of hydrogen-bond acceptors (Lipinski definition) is 4. The summed E-state index contributed by atoms with van der Waals surface area (Å²) in [6, 6.07) is 2.35. The van der Waals surface area contributed by atoms with Gasteiger partial charge in [-0.1, -0.05) is 0 Å². The molecule has 0 aromatic heterocycles. The fourth-order valence-electron chi connectivity index (χ4n) is 2.89. The van der Waals surface area contributed by atoms with Crippen molar-refractivity contribution in [3.05, 3.63) is 29.1 Å². The van der Waals surface area contributed by atoms with Crippen molar-refractivity contribution < 1.29 is 23.8 Å². The Bertz CT molecular complexity index is 677. The first-order valence-corrected chi connectivity index (χ1v) is 8.82. The number of aryl methyl sites for hydroxylation is 1. The third-order valence-corrected chi connectivity index (χ3v) is 4.35. The molecule has 1 aliphatic heterocycles. The van der Waals surface area contributed by atoms with Crippen molar-refractivity contribution >= 4 is 12.0 Å². The Morgan fingerprint density at radius 3 is 2.50 bits per heavy atom. The highest BCUT2D eigenvalue weighted by Crippen LogP contribution is 2.24. The van der Waals surface area contributed by atoms with Crippen LogP contribution in [-0.2, 0) is 4.74 Å². The Morgan fingerprint density at radius 1 is 1.31 bits per heavy atom. The first-order chi connectivity index (χ1) is 12.1. The minimum Gasteiger partial charge on any atom is -0.508 e. The average molecular weight is 366 g/mol. The van der Waals surface area contributed by atoms with E-state index in [1.165, 1.54) is 6.07 Å². The van der Waals surface area contributed by atoms with E-state index in [1.807, 2.05) is 0 Å². The fourth-order valence-corrected chi connectivity index (χ4v) is 2.89. The zero-order chi connectivity index (χ0) is 19.5. The number of nitrogens with one attached hydrogen (secondary N) is 1. The Labute approximate surface area is 153 Å². The molecule has 1 saturated heterocycles. The molecule has 1 fully saturated rings. The Hall–Kier alpha value is -2.31. The highest BCUT2D eigenvalue weighted by Gasteiger charge is 2.26. The van der Waals surface area contributed by atoms with Crippen LogP contribution in [0.5, 0.6) is 5.75 Å². The van der Waals surface area contributed by atoms with Crippen LogP contribution >= 0.6 is 0 Å². The lowest BCUT2D eigenvalue weighted by Crippen LogP contribution is -2.42. The summed E-state index contributed by atoms with van der Waals surface area (Å²) < 4.78 is 19.2. The number of phenolic OH excluding ortho intramolecular Hbond substituents is 1. The molecule has 2 amide bonds. The lowest BCUT2D eigenvalue weighted by Gasteiger charge is -2.32. The van der Waals surface area contributed by atoms with Crippen molar-refractivity contribution in [2.45, 2.75) is 46.1 Å². The topological polar surface area (TPSA) is 78.9 Å². The van der Waals surface area contributed by atoms with Gasteiger partial charge in [-0.2, -0.15) is 0 Å². The Morgan fingerprint density at radius 2 is 1.92 bits per heavy atom. The maximum atomic E-state index is 14.0. The molecule has 26 heavy (non-hydrogen) atoms. The number of amides is 2. The van der Waals surface area contributed by atoms with E-state index < -0.39 is 17.5 Å². The maximum absolute atomic E-state index is 14.0. The number of carbonyl (C=O) groups is 2. The fraction of sp³-hybridized carbons (Fsp3) is 0.579. The predicted molar refractivity (Wildman–Crippen MR) is 95.7 cm³/mol. The summed E-state index contributed by atoms with van der Waals surface area (Å²) in [6.07, 6.45) is 0.998. The molecule has 0 bridgehead atoms. The van der Waals surface area contributed by atoms with E-state index >= 15 is 0 Å².